The van der Waals surface area contributed by atoms with Crippen LogP contribution in [-0.2, 0) is 9.53 Å². The summed E-state index contributed by atoms with van der Waals surface area (Å²) in [5, 5.41) is 0. The lowest BCUT2D eigenvalue weighted by Crippen LogP contribution is -2.48. The van der Waals surface area contributed by atoms with Gasteiger partial charge in [0.2, 0.25) is 0 Å². The van der Waals surface area contributed by atoms with Crippen molar-refractivity contribution in [2.45, 2.75) is 33.2 Å². The van der Waals surface area contributed by atoms with E-state index in [-0.39, 0.29) is 5.97 Å². The Bertz CT molecular complexity index is 181. The third-order valence-electron chi connectivity index (χ3n) is 1.59. The van der Waals surface area contributed by atoms with Crippen molar-refractivity contribution in [3.63, 3.8) is 0 Å². The molecular weight excluding hydrogens is 198 g/mol. The van der Waals surface area contributed by atoms with Gasteiger partial charge >= 0.3 is 5.97 Å². The fraction of sp³-hybridized carbons (Fsp3) is 0.900. The number of thioether (sulfide) groups is 1. The largest absolute Gasteiger partial charge is 0.465 e. The van der Waals surface area contributed by atoms with Crippen molar-refractivity contribution < 1.29 is 9.53 Å². The van der Waals surface area contributed by atoms with Gasteiger partial charge < -0.3 is 10.5 Å². The van der Waals surface area contributed by atoms with Crippen molar-refractivity contribution in [2.75, 3.05) is 18.1 Å². The zero-order valence-electron chi connectivity index (χ0n) is 9.50. The first kappa shape index (κ1) is 13.8. The van der Waals surface area contributed by atoms with Crippen LogP contribution in [-0.4, -0.2) is 29.6 Å². The molecule has 0 bridgehead atoms. The zero-order valence-corrected chi connectivity index (χ0v) is 10.3. The molecule has 0 aliphatic rings. The molecule has 4 heteroatoms. The minimum absolute atomic E-state index is 0.309. The molecule has 0 radical (unpaired) electrons. The molecule has 2 N–H and O–H groups in total. The molecule has 0 aromatic carbocycles. The fourth-order valence-corrected chi connectivity index (χ4v) is 1.99. The molecule has 0 fully saturated rings. The Kier molecular flexibility index (Phi) is 6.20. The minimum Gasteiger partial charge on any atom is -0.465 e. The van der Waals surface area contributed by atoms with Gasteiger partial charge in [-0.05, 0) is 25.5 Å². The Hall–Kier alpha value is -0.220. The van der Waals surface area contributed by atoms with E-state index in [0.717, 1.165) is 5.75 Å². The van der Waals surface area contributed by atoms with Crippen molar-refractivity contribution in [1.82, 2.24) is 0 Å². The average Bonchev–Trinajstić information content (AvgIpc) is 2.03. The zero-order chi connectivity index (χ0) is 11.2. The van der Waals surface area contributed by atoms with Crippen molar-refractivity contribution >= 4 is 17.7 Å². The molecule has 0 aromatic heterocycles. The summed E-state index contributed by atoms with van der Waals surface area (Å²) in [5.41, 5.74) is 4.99. The third-order valence-corrected chi connectivity index (χ3v) is 3.30. The van der Waals surface area contributed by atoms with E-state index in [1.165, 1.54) is 0 Å². The lowest BCUT2D eigenvalue weighted by molar-refractivity contribution is -0.148. The number of hydrogen-bond donors (Lipinski definition) is 1. The van der Waals surface area contributed by atoms with Crippen LogP contribution in [0.3, 0.4) is 0 Å². The number of ether oxygens (including phenoxy) is 1. The van der Waals surface area contributed by atoms with E-state index in [4.69, 9.17) is 10.5 Å². The fourth-order valence-electron chi connectivity index (χ4n) is 0.862. The van der Waals surface area contributed by atoms with Crippen LogP contribution in [0, 0.1) is 5.92 Å². The third kappa shape index (κ3) is 5.50. The molecule has 0 rings (SSSR count). The Balaban J connectivity index is 3.87. The van der Waals surface area contributed by atoms with Crippen molar-refractivity contribution in [2.24, 2.45) is 11.7 Å². The lowest BCUT2D eigenvalue weighted by Gasteiger charge is -2.21. The predicted octanol–water partition coefficient (Wildman–Crippen LogP) is 1.66. The number of rotatable bonds is 6. The molecule has 0 spiro atoms. The molecule has 0 amide bonds. The maximum Gasteiger partial charge on any atom is 0.326 e. The van der Waals surface area contributed by atoms with Gasteiger partial charge in [-0.15, -0.1) is 0 Å². The van der Waals surface area contributed by atoms with E-state index in [9.17, 15) is 4.79 Å². The second-order valence-corrected chi connectivity index (χ2v) is 5.08. The highest BCUT2D eigenvalue weighted by Gasteiger charge is 2.29. The quantitative estimate of drug-likeness (QED) is 0.690. The number of esters is 1. The first-order valence-electron chi connectivity index (χ1n) is 4.94. The van der Waals surface area contributed by atoms with Gasteiger partial charge in [-0.2, -0.15) is 11.8 Å². The highest BCUT2D eigenvalue weighted by Crippen LogP contribution is 2.15. The summed E-state index contributed by atoms with van der Waals surface area (Å²) in [6.45, 7) is 8.18. The maximum absolute atomic E-state index is 11.4. The van der Waals surface area contributed by atoms with E-state index in [2.05, 4.69) is 13.8 Å². The summed E-state index contributed by atoms with van der Waals surface area (Å²) in [6, 6.07) is 0. The summed E-state index contributed by atoms with van der Waals surface area (Å²) in [4.78, 5) is 11.4. The van der Waals surface area contributed by atoms with Crippen molar-refractivity contribution in [3.8, 4) is 0 Å². The van der Waals surface area contributed by atoms with Crippen LogP contribution in [0.15, 0.2) is 0 Å². The van der Waals surface area contributed by atoms with Gasteiger partial charge in [0.25, 0.3) is 0 Å². The summed E-state index contributed by atoms with van der Waals surface area (Å²) in [5.74, 6) is 1.95. The molecule has 0 saturated carbocycles. The first-order chi connectivity index (χ1) is 6.40. The van der Waals surface area contributed by atoms with E-state index in [1.54, 1.807) is 25.6 Å². The van der Waals surface area contributed by atoms with Crippen LogP contribution < -0.4 is 5.73 Å². The summed E-state index contributed by atoms with van der Waals surface area (Å²) >= 11 is 1.70. The van der Waals surface area contributed by atoms with Crippen molar-refractivity contribution in [1.29, 1.82) is 0 Å². The Morgan fingerprint density at radius 1 is 1.57 bits per heavy atom. The number of carbonyl (C=O) groups is 1. The standard InChI is InChI=1S/C10H21NO2S/c1-5-13-9(12)10(4,11)7-14-6-8(2)3/h8H,5-7,11H2,1-4H3. The molecular formula is C10H21NO2S. The summed E-state index contributed by atoms with van der Waals surface area (Å²) in [6.07, 6.45) is 0. The highest BCUT2D eigenvalue weighted by molar-refractivity contribution is 7.99. The van der Waals surface area contributed by atoms with Crippen LogP contribution in [0.2, 0.25) is 0 Å². The molecule has 0 aliphatic heterocycles. The van der Waals surface area contributed by atoms with E-state index < -0.39 is 5.54 Å². The van der Waals surface area contributed by atoms with E-state index in [1.807, 2.05) is 0 Å². The number of nitrogens with two attached hydrogens (primary N) is 1. The number of hydrogen-bond acceptors (Lipinski definition) is 4. The molecule has 0 aliphatic carbocycles. The smallest absolute Gasteiger partial charge is 0.326 e. The van der Waals surface area contributed by atoms with Crippen LogP contribution in [0.1, 0.15) is 27.7 Å². The maximum atomic E-state index is 11.4. The number of carbonyl (C=O) groups excluding carboxylic acids is 1. The molecule has 84 valence electrons. The van der Waals surface area contributed by atoms with E-state index in [0.29, 0.717) is 18.3 Å². The van der Waals surface area contributed by atoms with Crippen LogP contribution >= 0.6 is 11.8 Å². The Morgan fingerprint density at radius 2 is 2.14 bits per heavy atom. The van der Waals surface area contributed by atoms with Gasteiger partial charge in [0.1, 0.15) is 5.54 Å². The van der Waals surface area contributed by atoms with Gasteiger partial charge in [0.05, 0.1) is 6.61 Å². The topological polar surface area (TPSA) is 52.3 Å². The van der Waals surface area contributed by atoms with Crippen LogP contribution in [0.25, 0.3) is 0 Å². The summed E-state index contributed by atoms with van der Waals surface area (Å²) < 4.78 is 4.89. The van der Waals surface area contributed by atoms with Gasteiger partial charge in [0.15, 0.2) is 0 Å². The normalized spacial score (nSPS) is 15.3. The van der Waals surface area contributed by atoms with Gasteiger partial charge in [-0.25, -0.2) is 0 Å². The van der Waals surface area contributed by atoms with Gasteiger partial charge in [-0.1, -0.05) is 13.8 Å². The average molecular weight is 219 g/mol. The Morgan fingerprint density at radius 3 is 2.57 bits per heavy atom. The molecule has 1 atom stereocenters. The first-order valence-corrected chi connectivity index (χ1v) is 6.09. The van der Waals surface area contributed by atoms with Crippen LogP contribution in [0.5, 0.6) is 0 Å². The van der Waals surface area contributed by atoms with Crippen LogP contribution in [0.4, 0.5) is 0 Å². The highest BCUT2D eigenvalue weighted by atomic mass is 32.2. The van der Waals surface area contributed by atoms with Gasteiger partial charge in [0, 0.05) is 5.75 Å². The molecule has 0 heterocycles. The Labute approximate surface area is 90.8 Å². The lowest BCUT2D eigenvalue weighted by atomic mass is 10.1. The SMILES string of the molecule is CCOC(=O)C(C)(N)CSCC(C)C. The monoisotopic (exact) mass is 219 g/mol. The summed E-state index contributed by atoms with van der Waals surface area (Å²) in [7, 11) is 0. The molecule has 14 heavy (non-hydrogen) atoms. The van der Waals surface area contributed by atoms with E-state index >= 15 is 0 Å². The second-order valence-electron chi connectivity index (χ2n) is 4.05. The van der Waals surface area contributed by atoms with Gasteiger partial charge in [-0.3, -0.25) is 4.79 Å². The molecule has 1 unspecified atom stereocenters. The molecule has 0 saturated heterocycles. The second kappa shape index (κ2) is 6.30. The van der Waals surface area contributed by atoms with Crippen molar-refractivity contribution in [3.05, 3.63) is 0 Å². The molecule has 0 aromatic rings. The predicted molar refractivity (Wildman–Crippen MR) is 61.4 cm³/mol. The minimum atomic E-state index is -0.852. The molecule has 3 nitrogen and oxygen atoms in total.